The molecule has 5 fully saturated rings. The molecule has 4 aliphatic carbocycles. The molecule has 1 saturated heterocycles. The summed E-state index contributed by atoms with van der Waals surface area (Å²) in [6.07, 6.45) is 10.3. The van der Waals surface area contributed by atoms with Crippen molar-refractivity contribution >= 4 is 5.91 Å². The Morgan fingerprint density at radius 1 is 1.00 bits per heavy atom. The Kier molecular flexibility index (Phi) is 3.10. The molecule has 0 spiro atoms. The van der Waals surface area contributed by atoms with E-state index in [1.165, 1.54) is 38.5 Å². The van der Waals surface area contributed by atoms with Crippen molar-refractivity contribution in [2.75, 3.05) is 20.1 Å². The van der Waals surface area contributed by atoms with Crippen LogP contribution in [0.1, 0.15) is 51.4 Å². The maximum absolute atomic E-state index is 12.7. The lowest BCUT2D eigenvalue weighted by molar-refractivity contribution is -0.132. The van der Waals surface area contributed by atoms with Gasteiger partial charge in [0.05, 0.1) is 0 Å². The number of amides is 1. The van der Waals surface area contributed by atoms with Crippen LogP contribution in [0.4, 0.5) is 0 Å². The van der Waals surface area contributed by atoms with Crippen LogP contribution in [0.15, 0.2) is 0 Å². The lowest BCUT2D eigenvalue weighted by atomic mass is 9.53. The highest BCUT2D eigenvalue weighted by Gasteiger charge is 2.51. The van der Waals surface area contributed by atoms with E-state index in [9.17, 15) is 4.79 Å². The summed E-state index contributed by atoms with van der Waals surface area (Å²) in [4.78, 5) is 15.0. The summed E-state index contributed by atoms with van der Waals surface area (Å²) in [5, 5.41) is 3.55. The monoisotopic (exact) mass is 276 g/mol. The second kappa shape index (κ2) is 4.72. The van der Waals surface area contributed by atoms with E-state index in [0.717, 1.165) is 43.7 Å². The van der Waals surface area contributed by atoms with Gasteiger partial charge >= 0.3 is 0 Å². The van der Waals surface area contributed by atoms with E-state index in [4.69, 9.17) is 0 Å². The average molecular weight is 276 g/mol. The zero-order valence-electron chi connectivity index (χ0n) is 12.7. The van der Waals surface area contributed by atoms with E-state index in [2.05, 4.69) is 17.3 Å². The molecular formula is C17H28N2O. The Hall–Kier alpha value is -0.570. The molecule has 0 radical (unpaired) electrons. The molecule has 4 saturated carbocycles. The van der Waals surface area contributed by atoms with Crippen LogP contribution < -0.4 is 5.32 Å². The molecule has 112 valence electrons. The summed E-state index contributed by atoms with van der Waals surface area (Å²) >= 11 is 0. The maximum atomic E-state index is 12.7. The molecule has 0 aromatic heterocycles. The Labute approximate surface area is 122 Å². The lowest BCUT2D eigenvalue weighted by Crippen LogP contribution is -2.61. The zero-order chi connectivity index (χ0) is 13.7. The maximum Gasteiger partial charge on any atom is 0.223 e. The van der Waals surface area contributed by atoms with E-state index in [0.29, 0.717) is 5.91 Å². The first-order chi connectivity index (χ1) is 9.62. The number of carbonyl (C=O) groups excluding carboxylic acids is 1. The normalized spacial score (nSPS) is 44.8. The van der Waals surface area contributed by atoms with Gasteiger partial charge in [-0.05, 0) is 89.3 Å². The van der Waals surface area contributed by atoms with Gasteiger partial charge in [0.2, 0.25) is 5.91 Å². The quantitative estimate of drug-likeness (QED) is 0.840. The molecule has 0 aromatic carbocycles. The highest BCUT2D eigenvalue weighted by molar-refractivity contribution is 5.79. The summed E-state index contributed by atoms with van der Waals surface area (Å²) in [7, 11) is 2.16. The summed E-state index contributed by atoms with van der Waals surface area (Å²) in [6.45, 7) is 2.16. The number of nitrogens with one attached hydrogen (secondary N) is 1. The number of carbonyl (C=O) groups is 1. The number of rotatable bonds is 2. The van der Waals surface area contributed by atoms with Crippen molar-refractivity contribution in [1.82, 2.24) is 10.2 Å². The molecule has 5 aliphatic rings. The number of likely N-dealkylation sites (tertiary alicyclic amines) is 1. The molecule has 0 unspecified atom stereocenters. The van der Waals surface area contributed by atoms with Gasteiger partial charge in [-0.2, -0.15) is 0 Å². The molecule has 5 rings (SSSR count). The summed E-state index contributed by atoms with van der Waals surface area (Å²) in [6, 6.07) is 0. The second-order valence-corrected chi connectivity index (χ2v) is 8.26. The van der Waals surface area contributed by atoms with Crippen molar-refractivity contribution in [1.29, 1.82) is 0 Å². The Morgan fingerprint density at radius 2 is 1.50 bits per heavy atom. The van der Waals surface area contributed by atoms with E-state index in [-0.39, 0.29) is 11.5 Å². The third-order valence-electron chi connectivity index (χ3n) is 6.52. The van der Waals surface area contributed by atoms with Gasteiger partial charge in [-0.1, -0.05) is 0 Å². The standard InChI is InChI=1S/C17H28N2O/c1-19-4-2-15(3-5-19)16(20)18-17-9-12-6-13(10-17)8-14(7-12)11-17/h12-15H,2-11H2,1H3,(H,18,20). The van der Waals surface area contributed by atoms with Crippen molar-refractivity contribution in [3.63, 3.8) is 0 Å². The fraction of sp³-hybridized carbons (Fsp3) is 0.941. The Morgan fingerprint density at radius 3 is 2.00 bits per heavy atom. The summed E-state index contributed by atoms with van der Waals surface area (Å²) in [5.74, 6) is 3.40. The molecule has 3 heteroatoms. The topological polar surface area (TPSA) is 32.3 Å². The number of hydrogen-bond acceptors (Lipinski definition) is 2. The number of piperidine rings is 1. The first-order valence-corrected chi connectivity index (χ1v) is 8.62. The largest absolute Gasteiger partial charge is 0.350 e. The predicted octanol–water partition coefficient (Wildman–Crippen LogP) is 2.41. The molecule has 1 aliphatic heterocycles. The van der Waals surface area contributed by atoms with Crippen LogP contribution in [0.5, 0.6) is 0 Å². The first kappa shape index (κ1) is 13.1. The number of hydrogen-bond donors (Lipinski definition) is 1. The zero-order valence-corrected chi connectivity index (χ0v) is 12.7. The summed E-state index contributed by atoms with van der Waals surface area (Å²) < 4.78 is 0. The van der Waals surface area contributed by atoms with Crippen LogP contribution in [0, 0.1) is 23.7 Å². The fourth-order valence-electron chi connectivity index (χ4n) is 5.90. The minimum atomic E-state index is 0.204. The molecule has 0 atom stereocenters. The van der Waals surface area contributed by atoms with Gasteiger partial charge in [-0.25, -0.2) is 0 Å². The molecular weight excluding hydrogens is 248 g/mol. The molecule has 1 heterocycles. The second-order valence-electron chi connectivity index (χ2n) is 8.26. The van der Waals surface area contributed by atoms with Gasteiger partial charge in [-0.15, -0.1) is 0 Å². The van der Waals surface area contributed by atoms with Crippen LogP contribution in [-0.4, -0.2) is 36.5 Å². The van der Waals surface area contributed by atoms with Crippen molar-refractivity contribution in [2.45, 2.75) is 56.9 Å². The van der Waals surface area contributed by atoms with E-state index in [1.54, 1.807) is 0 Å². The average Bonchev–Trinajstić information content (AvgIpc) is 2.37. The smallest absolute Gasteiger partial charge is 0.223 e. The van der Waals surface area contributed by atoms with Crippen molar-refractivity contribution in [3.8, 4) is 0 Å². The van der Waals surface area contributed by atoms with Crippen LogP contribution in [0.3, 0.4) is 0 Å². The molecule has 20 heavy (non-hydrogen) atoms. The van der Waals surface area contributed by atoms with Crippen LogP contribution in [0.25, 0.3) is 0 Å². The van der Waals surface area contributed by atoms with Gasteiger partial charge in [0.15, 0.2) is 0 Å². The fourth-order valence-corrected chi connectivity index (χ4v) is 5.90. The third-order valence-corrected chi connectivity index (χ3v) is 6.52. The van der Waals surface area contributed by atoms with Crippen LogP contribution >= 0.6 is 0 Å². The van der Waals surface area contributed by atoms with Crippen LogP contribution in [0.2, 0.25) is 0 Å². The Bertz CT molecular complexity index is 363. The first-order valence-electron chi connectivity index (χ1n) is 8.62. The van der Waals surface area contributed by atoms with E-state index in [1.807, 2.05) is 0 Å². The molecule has 3 nitrogen and oxygen atoms in total. The third kappa shape index (κ3) is 2.28. The lowest BCUT2D eigenvalue weighted by Gasteiger charge is -2.57. The molecule has 1 amide bonds. The minimum absolute atomic E-state index is 0.204. The van der Waals surface area contributed by atoms with Gasteiger partial charge in [0.1, 0.15) is 0 Å². The molecule has 1 N–H and O–H groups in total. The highest BCUT2D eigenvalue weighted by atomic mass is 16.2. The Balaban J connectivity index is 1.42. The summed E-state index contributed by atoms with van der Waals surface area (Å²) in [5.41, 5.74) is 0.204. The van der Waals surface area contributed by atoms with E-state index >= 15 is 0 Å². The van der Waals surface area contributed by atoms with Gasteiger partial charge in [0.25, 0.3) is 0 Å². The van der Waals surface area contributed by atoms with Gasteiger partial charge < -0.3 is 10.2 Å². The van der Waals surface area contributed by atoms with Gasteiger partial charge in [0, 0.05) is 11.5 Å². The minimum Gasteiger partial charge on any atom is -0.350 e. The number of nitrogens with zero attached hydrogens (tertiary/aromatic N) is 1. The van der Waals surface area contributed by atoms with Gasteiger partial charge in [-0.3, -0.25) is 4.79 Å². The van der Waals surface area contributed by atoms with Crippen LogP contribution in [-0.2, 0) is 4.79 Å². The molecule has 0 aromatic rings. The van der Waals surface area contributed by atoms with Crippen molar-refractivity contribution < 1.29 is 4.79 Å². The van der Waals surface area contributed by atoms with E-state index < -0.39 is 0 Å². The van der Waals surface area contributed by atoms with Crippen molar-refractivity contribution in [2.24, 2.45) is 23.7 Å². The van der Waals surface area contributed by atoms with Crippen molar-refractivity contribution in [3.05, 3.63) is 0 Å². The predicted molar refractivity (Wildman–Crippen MR) is 79.3 cm³/mol. The SMILES string of the molecule is CN1CCC(C(=O)NC23CC4CC(CC(C4)C2)C3)CC1. The molecule has 4 bridgehead atoms. The highest BCUT2D eigenvalue weighted by Crippen LogP contribution is 2.55.